The molecule has 1 amide bonds. The first-order valence-corrected chi connectivity index (χ1v) is 10.6. The number of nitrogens with zero attached hydrogens (tertiary/aromatic N) is 3. The van der Waals surface area contributed by atoms with Crippen molar-refractivity contribution >= 4 is 27.4 Å². The summed E-state index contributed by atoms with van der Waals surface area (Å²) in [7, 11) is -1.20. The molecule has 0 radical (unpaired) electrons. The topological polar surface area (TPSA) is 92.3 Å². The molecule has 27 heavy (non-hydrogen) atoms. The molecule has 2 heterocycles. The molecule has 1 atom stereocenters. The Morgan fingerprint density at radius 2 is 1.74 bits per heavy atom. The fourth-order valence-corrected chi connectivity index (χ4v) is 5.20. The predicted molar refractivity (Wildman–Crippen MR) is 106 cm³/mol. The molecule has 144 valence electrons. The number of aromatic nitrogens is 2. The van der Waals surface area contributed by atoms with Crippen LogP contribution in [0.5, 0.6) is 0 Å². The van der Waals surface area contributed by atoms with Crippen molar-refractivity contribution in [3.8, 4) is 0 Å². The van der Waals surface area contributed by atoms with Gasteiger partial charge in [0.1, 0.15) is 0 Å². The number of carbonyl (C=O) groups excluding carboxylic acids is 1. The van der Waals surface area contributed by atoms with Crippen molar-refractivity contribution in [2.45, 2.75) is 33.2 Å². The first kappa shape index (κ1) is 19.3. The number of sulfone groups is 1. The molecule has 3 rings (SSSR count). The lowest BCUT2D eigenvalue weighted by atomic mass is 10.0. The molecule has 1 aliphatic heterocycles. The second-order valence-electron chi connectivity index (χ2n) is 7.17. The van der Waals surface area contributed by atoms with E-state index in [1.54, 1.807) is 11.9 Å². The summed E-state index contributed by atoms with van der Waals surface area (Å²) in [6.07, 6.45) is 3.50. The van der Waals surface area contributed by atoms with Gasteiger partial charge in [0.05, 0.1) is 17.1 Å². The van der Waals surface area contributed by atoms with Gasteiger partial charge in [-0.1, -0.05) is 17.7 Å². The first-order valence-electron chi connectivity index (χ1n) is 8.81. The third-order valence-electron chi connectivity index (χ3n) is 4.89. The highest BCUT2D eigenvalue weighted by molar-refractivity contribution is 7.91. The van der Waals surface area contributed by atoms with Crippen molar-refractivity contribution in [2.75, 3.05) is 28.8 Å². The minimum atomic E-state index is -2.98. The van der Waals surface area contributed by atoms with Crippen LogP contribution in [-0.4, -0.2) is 48.9 Å². The lowest BCUT2D eigenvalue weighted by Gasteiger charge is -2.23. The highest BCUT2D eigenvalue weighted by Gasteiger charge is 2.31. The van der Waals surface area contributed by atoms with Crippen LogP contribution in [0.15, 0.2) is 24.5 Å². The number of carbonyl (C=O) groups is 1. The second kappa shape index (κ2) is 7.26. The standard InChI is InChI=1S/C19H24N4O3S/c1-12-7-13(2)17(14(3)8-12)22-18(24)15-9-20-19(21-10-15)23(4)16-5-6-27(25,26)11-16/h7-10,16H,5-6,11H2,1-4H3,(H,22,24). The van der Waals surface area contributed by atoms with Gasteiger partial charge in [-0.3, -0.25) is 4.79 Å². The van der Waals surface area contributed by atoms with Crippen molar-refractivity contribution in [1.29, 1.82) is 0 Å². The van der Waals surface area contributed by atoms with Crippen LogP contribution >= 0.6 is 0 Å². The predicted octanol–water partition coefficient (Wildman–Crippen LogP) is 2.28. The number of anilines is 2. The number of aryl methyl sites for hydroxylation is 3. The van der Waals surface area contributed by atoms with Gasteiger partial charge >= 0.3 is 0 Å². The fourth-order valence-electron chi connectivity index (χ4n) is 3.43. The molecular formula is C19H24N4O3S. The van der Waals surface area contributed by atoms with E-state index in [4.69, 9.17) is 0 Å². The summed E-state index contributed by atoms with van der Waals surface area (Å²) in [5.41, 5.74) is 4.29. The molecule has 1 aromatic heterocycles. The Kier molecular flexibility index (Phi) is 5.19. The smallest absolute Gasteiger partial charge is 0.258 e. The summed E-state index contributed by atoms with van der Waals surface area (Å²) in [5.74, 6) is 0.442. The summed E-state index contributed by atoms with van der Waals surface area (Å²) in [4.78, 5) is 22.8. The van der Waals surface area contributed by atoms with Crippen LogP contribution in [0.4, 0.5) is 11.6 Å². The molecule has 1 unspecified atom stereocenters. The SMILES string of the molecule is Cc1cc(C)c(NC(=O)c2cnc(N(C)C3CCS(=O)(=O)C3)nc2)c(C)c1. The van der Waals surface area contributed by atoms with Crippen molar-refractivity contribution in [3.63, 3.8) is 0 Å². The van der Waals surface area contributed by atoms with E-state index in [2.05, 4.69) is 15.3 Å². The van der Waals surface area contributed by atoms with Gasteiger partial charge in [0.15, 0.2) is 9.84 Å². The first-order chi connectivity index (χ1) is 12.7. The lowest BCUT2D eigenvalue weighted by Crippen LogP contribution is -2.34. The van der Waals surface area contributed by atoms with Crippen LogP contribution < -0.4 is 10.2 Å². The molecular weight excluding hydrogens is 364 g/mol. The van der Waals surface area contributed by atoms with Gasteiger partial charge in [-0.25, -0.2) is 18.4 Å². The van der Waals surface area contributed by atoms with Crippen LogP contribution in [-0.2, 0) is 9.84 Å². The molecule has 0 saturated carbocycles. The Bertz CT molecular complexity index is 948. The van der Waals surface area contributed by atoms with E-state index in [0.717, 1.165) is 22.4 Å². The van der Waals surface area contributed by atoms with Gasteiger partial charge in [-0.05, 0) is 38.3 Å². The van der Waals surface area contributed by atoms with Gasteiger partial charge in [0, 0.05) is 31.2 Å². The molecule has 1 fully saturated rings. The van der Waals surface area contributed by atoms with Crippen molar-refractivity contribution in [2.24, 2.45) is 0 Å². The number of hydrogen-bond acceptors (Lipinski definition) is 6. The van der Waals surface area contributed by atoms with E-state index in [1.165, 1.54) is 12.4 Å². The quantitative estimate of drug-likeness (QED) is 0.864. The Hall–Kier alpha value is -2.48. The van der Waals surface area contributed by atoms with Gasteiger partial charge in [-0.2, -0.15) is 0 Å². The van der Waals surface area contributed by atoms with Crippen LogP contribution in [0, 0.1) is 20.8 Å². The molecule has 0 bridgehead atoms. The van der Waals surface area contributed by atoms with Crippen LogP contribution in [0.3, 0.4) is 0 Å². The molecule has 0 spiro atoms. The third kappa shape index (κ3) is 4.27. The zero-order valence-corrected chi connectivity index (χ0v) is 16.8. The maximum absolute atomic E-state index is 12.5. The molecule has 0 aliphatic carbocycles. The molecule has 1 saturated heterocycles. The van der Waals surface area contributed by atoms with Crippen molar-refractivity contribution in [1.82, 2.24) is 9.97 Å². The van der Waals surface area contributed by atoms with Gasteiger partial charge in [0.25, 0.3) is 5.91 Å². The molecule has 1 N–H and O–H groups in total. The molecule has 8 heteroatoms. The maximum atomic E-state index is 12.5. The van der Waals surface area contributed by atoms with E-state index < -0.39 is 9.84 Å². The minimum Gasteiger partial charge on any atom is -0.340 e. The lowest BCUT2D eigenvalue weighted by molar-refractivity contribution is 0.102. The zero-order chi connectivity index (χ0) is 19.8. The molecule has 1 aromatic carbocycles. The van der Waals surface area contributed by atoms with Crippen LogP contribution in [0.25, 0.3) is 0 Å². The molecule has 2 aromatic rings. The highest BCUT2D eigenvalue weighted by atomic mass is 32.2. The Morgan fingerprint density at radius 3 is 2.26 bits per heavy atom. The van der Waals surface area contributed by atoms with Crippen LogP contribution in [0.2, 0.25) is 0 Å². The Morgan fingerprint density at radius 1 is 1.15 bits per heavy atom. The van der Waals surface area contributed by atoms with Crippen molar-refractivity contribution in [3.05, 3.63) is 46.8 Å². The third-order valence-corrected chi connectivity index (χ3v) is 6.64. The number of rotatable bonds is 4. The minimum absolute atomic E-state index is 0.112. The Balaban J connectivity index is 1.73. The van der Waals surface area contributed by atoms with E-state index in [0.29, 0.717) is 17.9 Å². The summed E-state index contributed by atoms with van der Waals surface area (Å²) in [5, 5.41) is 2.92. The summed E-state index contributed by atoms with van der Waals surface area (Å²) < 4.78 is 23.3. The number of hydrogen-bond donors (Lipinski definition) is 1. The van der Waals surface area contributed by atoms with Gasteiger partial charge in [-0.15, -0.1) is 0 Å². The largest absolute Gasteiger partial charge is 0.340 e. The number of benzene rings is 1. The normalized spacial score (nSPS) is 18.3. The molecule has 7 nitrogen and oxygen atoms in total. The maximum Gasteiger partial charge on any atom is 0.258 e. The van der Waals surface area contributed by atoms with E-state index >= 15 is 0 Å². The average molecular weight is 388 g/mol. The average Bonchev–Trinajstić information content (AvgIpc) is 2.97. The van der Waals surface area contributed by atoms with Gasteiger partial charge in [0.2, 0.25) is 5.95 Å². The number of amides is 1. The highest BCUT2D eigenvalue weighted by Crippen LogP contribution is 2.23. The van der Waals surface area contributed by atoms with E-state index in [-0.39, 0.29) is 23.5 Å². The van der Waals surface area contributed by atoms with Crippen LogP contribution in [0.1, 0.15) is 33.5 Å². The summed E-state index contributed by atoms with van der Waals surface area (Å²) in [6.45, 7) is 5.93. The fraction of sp³-hybridized carbons (Fsp3) is 0.421. The van der Waals surface area contributed by atoms with E-state index in [1.807, 2.05) is 32.9 Å². The summed E-state index contributed by atoms with van der Waals surface area (Å²) in [6, 6.07) is 3.91. The van der Waals surface area contributed by atoms with Crippen molar-refractivity contribution < 1.29 is 13.2 Å². The monoisotopic (exact) mass is 388 g/mol. The van der Waals surface area contributed by atoms with Gasteiger partial charge < -0.3 is 10.2 Å². The zero-order valence-electron chi connectivity index (χ0n) is 16.0. The number of nitrogens with one attached hydrogen (secondary N) is 1. The summed E-state index contributed by atoms with van der Waals surface area (Å²) >= 11 is 0. The van der Waals surface area contributed by atoms with E-state index in [9.17, 15) is 13.2 Å². The second-order valence-corrected chi connectivity index (χ2v) is 9.40. The molecule has 1 aliphatic rings. The Labute approximate surface area is 159 Å².